The van der Waals surface area contributed by atoms with Crippen molar-refractivity contribution in [1.29, 1.82) is 0 Å². The fourth-order valence-electron chi connectivity index (χ4n) is 2.71. The molecule has 0 radical (unpaired) electrons. The molecule has 0 saturated carbocycles. The van der Waals surface area contributed by atoms with Gasteiger partial charge in [-0.15, -0.1) is 0 Å². The van der Waals surface area contributed by atoms with E-state index in [0.29, 0.717) is 0 Å². The van der Waals surface area contributed by atoms with E-state index in [0.717, 1.165) is 51.0 Å². The minimum atomic E-state index is -0.313. The van der Waals surface area contributed by atoms with E-state index < -0.39 is 0 Å². The Kier molecular flexibility index (Phi) is 5.41. The van der Waals surface area contributed by atoms with Crippen LogP contribution in [0.25, 0.3) is 0 Å². The largest absolute Gasteiger partial charge is 0.385 e. The molecule has 0 bridgehead atoms. The number of benzene rings is 1. The highest BCUT2D eigenvalue weighted by atomic mass is 16.2. The first-order valence-electron chi connectivity index (χ1n) is 7.59. The highest BCUT2D eigenvalue weighted by Gasteiger charge is 2.38. The van der Waals surface area contributed by atoms with Crippen LogP contribution in [0.4, 0.5) is 5.69 Å². The van der Waals surface area contributed by atoms with E-state index in [1.165, 1.54) is 0 Å². The minimum absolute atomic E-state index is 0.164. The van der Waals surface area contributed by atoms with Crippen LogP contribution in [-0.2, 0) is 4.79 Å². The summed E-state index contributed by atoms with van der Waals surface area (Å²) in [6, 6.07) is 10.1. The molecule has 1 atom stereocenters. The van der Waals surface area contributed by atoms with Crippen LogP contribution in [0.15, 0.2) is 30.3 Å². The second kappa shape index (κ2) is 7.29. The lowest BCUT2D eigenvalue weighted by molar-refractivity contribution is -0.127. The molecule has 1 aliphatic heterocycles. The van der Waals surface area contributed by atoms with Gasteiger partial charge in [0.2, 0.25) is 5.91 Å². The molecule has 4 heteroatoms. The van der Waals surface area contributed by atoms with Crippen molar-refractivity contribution in [2.24, 2.45) is 0 Å². The highest BCUT2D eigenvalue weighted by molar-refractivity contribution is 5.86. The lowest BCUT2D eigenvalue weighted by Crippen LogP contribution is -2.53. The summed E-state index contributed by atoms with van der Waals surface area (Å²) >= 11 is 0. The second-order valence-electron chi connectivity index (χ2n) is 5.37. The van der Waals surface area contributed by atoms with Crippen LogP contribution in [0, 0.1) is 0 Å². The third-order valence-corrected chi connectivity index (χ3v) is 4.02. The van der Waals surface area contributed by atoms with Gasteiger partial charge in [-0.25, -0.2) is 0 Å². The molecule has 2 rings (SSSR count). The summed E-state index contributed by atoms with van der Waals surface area (Å²) in [5, 5.41) is 9.76. The zero-order valence-electron chi connectivity index (χ0n) is 12.2. The summed E-state index contributed by atoms with van der Waals surface area (Å²) in [7, 11) is 0. The molecular weight excluding hydrogens is 250 g/mol. The van der Waals surface area contributed by atoms with Gasteiger partial charge in [-0.3, -0.25) is 4.79 Å². The molecule has 0 aromatic heterocycles. The fraction of sp³-hybridized carbons (Fsp3) is 0.562. The van der Waals surface area contributed by atoms with E-state index >= 15 is 0 Å². The molecular formula is C16H25N3O. The maximum Gasteiger partial charge on any atom is 0.240 e. The average Bonchev–Trinajstić information content (AvgIpc) is 2.98. The molecule has 1 fully saturated rings. The molecule has 0 aliphatic carbocycles. The molecule has 1 amide bonds. The van der Waals surface area contributed by atoms with Gasteiger partial charge in [-0.05, 0) is 44.4 Å². The molecule has 1 unspecified atom stereocenters. The van der Waals surface area contributed by atoms with Gasteiger partial charge in [0.25, 0.3) is 0 Å². The molecule has 4 nitrogen and oxygen atoms in total. The smallest absolute Gasteiger partial charge is 0.240 e. The van der Waals surface area contributed by atoms with Crippen LogP contribution in [0.2, 0.25) is 0 Å². The molecule has 1 aliphatic rings. The number of para-hydroxylation sites is 1. The maximum atomic E-state index is 12.2. The van der Waals surface area contributed by atoms with Crippen LogP contribution in [0.5, 0.6) is 0 Å². The Hall–Kier alpha value is -1.55. The topological polar surface area (TPSA) is 53.2 Å². The van der Waals surface area contributed by atoms with Crippen molar-refractivity contribution >= 4 is 11.6 Å². The van der Waals surface area contributed by atoms with Gasteiger partial charge >= 0.3 is 0 Å². The number of hydrogen-bond acceptors (Lipinski definition) is 3. The first-order valence-corrected chi connectivity index (χ1v) is 7.59. The van der Waals surface area contributed by atoms with Crippen LogP contribution in [0.3, 0.4) is 0 Å². The van der Waals surface area contributed by atoms with Crippen LogP contribution in [-0.4, -0.2) is 31.1 Å². The van der Waals surface area contributed by atoms with Crippen molar-refractivity contribution in [1.82, 2.24) is 10.6 Å². The third kappa shape index (κ3) is 3.73. The lowest BCUT2D eigenvalue weighted by Gasteiger charge is -2.26. The quantitative estimate of drug-likeness (QED) is 0.668. The van der Waals surface area contributed by atoms with E-state index in [9.17, 15) is 4.79 Å². The van der Waals surface area contributed by atoms with E-state index in [-0.39, 0.29) is 11.4 Å². The lowest BCUT2D eigenvalue weighted by atomic mass is 9.93. The van der Waals surface area contributed by atoms with E-state index in [4.69, 9.17) is 0 Å². The fourth-order valence-corrected chi connectivity index (χ4v) is 2.71. The number of amides is 1. The van der Waals surface area contributed by atoms with Crippen LogP contribution >= 0.6 is 0 Å². The van der Waals surface area contributed by atoms with Crippen molar-refractivity contribution < 1.29 is 4.79 Å². The zero-order chi connectivity index (χ0) is 14.3. The standard InChI is InChI=1S/C16H25N3O/c1-2-16(10-6-13-19-16)15(20)18-12-7-11-17-14-8-4-3-5-9-14/h3-5,8-9,17,19H,2,6-7,10-13H2,1H3,(H,18,20). The Bertz CT molecular complexity index is 413. The molecule has 1 aromatic carbocycles. The number of hydrogen-bond donors (Lipinski definition) is 3. The van der Waals surface area contributed by atoms with Gasteiger partial charge in [0.15, 0.2) is 0 Å². The molecule has 1 heterocycles. The zero-order valence-corrected chi connectivity index (χ0v) is 12.2. The molecule has 110 valence electrons. The first-order chi connectivity index (χ1) is 9.77. The summed E-state index contributed by atoms with van der Waals surface area (Å²) in [6.45, 7) is 4.63. The summed E-state index contributed by atoms with van der Waals surface area (Å²) in [5.74, 6) is 0.164. The average molecular weight is 275 g/mol. The van der Waals surface area contributed by atoms with Crippen molar-refractivity contribution in [3.05, 3.63) is 30.3 Å². The first kappa shape index (κ1) is 14.9. The van der Waals surface area contributed by atoms with Gasteiger partial charge < -0.3 is 16.0 Å². The number of carbonyl (C=O) groups is 1. The molecule has 1 saturated heterocycles. The van der Waals surface area contributed by atoms with Crippen molar-refractivity contribution in [2.45, 2.75) is 38.1 Å². The Morgan fingerprint density at radius 2 is 2.10 bits per heavy atom. The maximum absolute atomic E-state index is 12.2. The van der Waals surface area contributed by atoms with Gasteiger partial charge in [-0.1, -0.05) is 25.1 Å². The van der Waals surface area contributed by atoms with Crippen LogP contribution in [0.1, 0.15) is 32.6 Å². The van der Waals surface area contributed by atoms with Crippen molar-refractivity contribution in [2.75, 3.05) is 25.0 Å². The Morgan fingerprint density at radius 1 is 1.30 bits per heavy atom. The number of carbonyl (C=O) groups excluding carboxylic acids is 1. The van der Waals surface area contributed by atoms with Crippen LogP contribution < -0.4 is 16.0 Å². The highest BCUT2D eigenvalue weighted by Crippen LogP contribution is 2.22. The Balaban J connectivity index is 1.64. The number of nitrogens with one attached hydrogen (secondary N) is 3. The molecule has 3 N–H and O–H groups in total. The monoisotopic (exact) mass is 275 g/mol. The van der Waals surface area contributed by atoms with E-state index in [2.05, 4.69) is 22.9 Å². The van der Waals surface area contributed by atoms with E-state index in [1.54, 1.807) is 0 Å². The summed E-state index contributed by atoms with van der Waals surface area (Å²) < 4.78 is 0. The molecule has 0 spiro atoms. The van der Waals surface area contributed by atoms with Gasteiger partial charge in [-0.2, -0.15) is 0 Å². The predicted octanol–water partition coefficient (Wildman–Crippen LogP) is 2.14. The summed E-state index contributed by atoms with van der Waals surface area (Å²) in [6.07, 6.45) is 3.84. The Morgan fingerprint density at radius 3 is 2.75 bits per heavy atom. The van der Waals surface area contributed by atoms with Gasteiger partial charge in [0, 0.05) is 18.8 Å². The summed E-state index contributed by atoms with van der Waals surface area (Å²) in [5.41, 5.74) is 0.814. The third-order valence-electron chi connectivity index (χ3n) is 4.02. The van der Waals surface area contributed by atoms with E-state index in [1.807, 2.05) is 30.3 Å². The van der Waals surface area contributed by atoms with Gasteiger partial charge in [0.05, 0.1) is 5.54 Å². The Labute approximate surface area is 121 Å². The van der Waals surface area contributed by atoms with Gasteiger partial charge in [0.1, 0.15) is 0 Å². The SMILES string of the molecule is CCC1(C(=O)NCCCNc2ccccc2)CCCN1. The minimum Gasteiger partial charge on any atom is -0.385 e. The number of anilines is 1. The number of rotatable bonds is 7. The predicted molar refractivity (Wildman–Crippen MR) is 82.8 cm³/mol. The van der Waals surface area contributed by atoms with Crippen molar-refractivity contribution in [3.63, 3.8) is 0 Å². The normalized spacial score (nSPS) is 21.6. The molecule has 20 heavy (non-hydrogen) atoms. The molecule has 1 aromatic rings. The second-order valence-corrected chi connectivity index (χ2v) is 5.37. The van der Waals surface area contributed by atoms with Crippen molar-refractivity contribution in [3.8, 4) is 0 Å². The summed E-state index contributed by atoms with van der Waals surface area (Å²) in [4.78, 5) is 12.2.